The fourth-order valence-corrected chi connectivity index (χ4v) is 1.89. The van der Waals surface area contributed by atoms with Crippen LogP contribution in [0.15, 0.2) is 29.1 Å². The van der Waals surface area contributed by atoms with E-state index in [-0.39, 0.29) is 18.0 Å². The highest BCUT2D eigenvalue weighted by Gasteiger charge is 2.21. The van der Waals surface area contributed by atoms with E-state index in [0.29, 0.717) is 18.4 Å². The lowest BCUT2D eigenvalue weighted by Crippen LogP contribution is -2.15. The maximum absolute atomic E-state index is 11.1. The maximum Gasteiger partial charge on any atom is 0.311 e. The molecule has 0 spiro atoms. The summed E-state index contributed by atoms with van der Waals surface area (Å²) in [5, 5.41) is 18.0. The summed E-state index contributed by atoms with van der Waals surface area (Å²) >= 11 is 0. The lowest BCUT2D eigenvalue weighted by molar-refractivity contribution is -0.386. The van der Waals surface area contributed by atoms with E-state index in [1.54, 1.807) is 6.07 Å². The summed E-state index contributed by atoms with van der Waals surface area (Å²) in [5.41, 5.74) is 0.800. The first-order valence-electron chi connectivity index (χ1n) is 6.61. The predicted octanol–water partition coefficient (Wildman–Crippen LogP) is 1.81. The van der Waals surface area contributed by atoms with Gasteiger partial charge in [-0.2, -0.15) is 4.98 Å². The van der Waals surface area contributed by atoms with E-state index in [2.05, 4.69) is 20.0 Å². The standard InChI is InChI=1S/C13H14N4O4/c18-17(19)11-5-9(6-14-10-2-3-10)1-4-12(11)20-7-13-15-8-21-16-13/h1,4-5,8,10,14H,2-3,6-7H2. The molecule has 0 atom stereocenters. The number of aromatic nitrogens is 2. The molecule has 21 heavy (non-hydrogen) atoms. The molecule has 0 aliphatic heterocycles. The van der Waals surface area contributed by atoms with Gasteiger partial charge < -0.3 is 14.6 Å². The quantitative estimate of drug-likeness (QED) is 0.612. The molecule has 1 aromatic heterocycles. The van der Waals surface area contributed by atoms with Gasteiger partial charge in [0.2, 0.25) is 12.2 Å². The van der Waals surface area contributed by atoms with Crippen LogP contribution in [0.1, 0.15) is 24.2 Å². The number of nitrogens with one attached hydrogen (secondary N) is 1. The van der Waals surface area contributed by atoms with E-state index in [1.807, 2.05) is 6.07 Å². The van der Waals surface area contributed by atoms with Crippen molar-refractivity contribution in [2.45, 2.75) is 32.0 Å². The van der Waals surface area contributed by atoms with Crippen molar-refractivity contribution in [1.82, 2.24) is 15.5 Å². The van der Waals surface area contributed by atoms with E-state index in [9.17, 15) is 10.1 Å². The molecule has 110 valence electrons. The van der Waals surface area contributed by atoms with Crippen molar-refractivity contribution in [3.8, 4) is 5.75 Å². The Kier molecular flexibility index (Phi) is 3.78. The number of rotatable bonds is 7. The zero-order valence-electron chi connectivity index (χ0n) is 11.2. The molecule has 1 fully saturated rings. The highest BCUT2D eigenvalue weighted by Crippen LogP contribution is 2.29. The Morgan fingerprint density at radius 3 is 3.00 bits per heavy atom. The average molecular weight is 290 g/mol. The van der Waals surface area contributed by atoms with Gasteiger partial charge in [-0.25, -0.2) is 0 Å². The summed E-state index contributed by atoms with van der Waals surface area (Å²) in [4.78, 5) is 14.5. The Hall–Kier alpha value is -2.48. The molecule has 3 rings (SSSR count). The normalized spacial score (nSPS) is 14.1. The first-order chi connectivity index (χ1) is 10.2. The van der Waals surface area contributed by atoms with Crippen molar-refractivity contribution in [3.63, 3.8) is 0 Å². The second-order valence-corrected chi connectivity index (χ2v) is 4.85. The number of nitrogens with zero attached hydrogens (tertiary/aromatic N) is 3. The van der Waals surface area contributed by atoms with Gasteiger partial charge in [-0.05, 0) is 24.5 Å². The first kappa shape index (κ1) is 13.5. The minimum absolute atomic E-state index is 0.0248. The van der Waals surface area contributed by atoms with E-state index in [1.165, 1.54) is 25.3 Å². The van der Waals surface area contributed by atoms with Crippen LogP contribution in [0.5, 0.6) is 5.75 Å². The van der Waals surface area contributed by atoms with Crippen LogP contribution in [-0.2, 0) is 13.2 Å². The minimum Gasteiger partial charge on any atom is -0.478 e. The largest absolute Gasteiger partial charge is 0.478 e. The van der Waals surface area contributed by atoms with Crippen molar-refractivity contribution in [3.05, 3.63) is 46.1 Å². The van der Waals surface area contributed by atoms with Crippen molar-refractivity contribution >= 4 is 5.69 Å². The van der Waals surface area contributed by atoms with Crippen LogP contribution in [0.3, 0.4) is 0 Å². The summed E-state index contributed by atoms with van der Waals surface area (Å²) in [7, 11) is 0. The van der Waals surface area contributed by atoms with Crippen molar-refractivity contribution in [2.24, 2.45) is 0 Å². The summed E-state index contributed by atoms with van der Waals surface area (Å²) < 4.78 is 9.97. The third-order valence-corrected chi connectivity index (χ3v) is 3.16. The Balaban J connectivity index is 1.70. The number of benzene rings is 1. The fraction of sp³-hybridized carbons (Fsp3) is 0.385. The minimum atomic E-state index is -0.452. The summed E-state index contributed by atoms with van der Waals surface area (Å²) in [5.74, 6) is 0.531. The van der Waals surface area contributed by atoms with Crippen LogP contribution in [0.4, 0.5) is 5.69 Å². The van der Waals surface area contributed by atoms with Gasteiger partial charge in [0.25, 0.3) is 0 Å². The van der Waals surface area contributed by atoms with E-state index in [4.69, 9.17) is 4.74 Å². The van der Waals surface area contributed by atoms with Crippen molar-refractivity contribution < 1.29 is 14.2 Å². The third-order valence-electron chi connectivity index (χ3n) is 3.16. The Labute approximate surface area is 120 Å². The van der Waals surface area contributed by atoms with Crippen molar-refractivity contribution in [1.29, 1.82) is 0 Å². The lowest BCUT2D eigenvalue weighted by Gasteiger charge is -2.07. The molecule has 2 aromatic rings. The molecule has 0 amide bonds. The molecule has 1 aliphatic rings. The zero-order valence-corrected chi connectivity index (χ0v) is 11.2. The van der Waals surface area contributed by atoms with Crippen LogP contribution < -0.4 is 10.1 Å². The summed E-state index contributed by atoms with van der Waals surface area (Å²) in [6.07, 6.45) is 3.53. The number of nitro benzene ring substituents is 1. The van der Waals surface area contributed by atoms with Gasteiger partial charge in [0.05, 0.1) is 4.92 Å². The lowest BCUT2D eigenvalue weighted by atomic mass is 10.2. The smallest absolute Gasteiger partial charge is 0.311 e. The monoisotopic (exact) mass is 290 g/mol. The summed E-state index contributed by atoms with van der Waals surface area (Å²) in [6, 6.07) is 5.50. The summed E-state index contributed by atoms with van der Waals surface area (Å²) in [6.45, 7) is 0.646. The first-order valence-corrected chi connectivity index (χ1v) is 6.61. The van der Waals surface area contributed by atoms with Gasteiger partial charge in [-0.3, -0.25) is 10.1 Å². The molecular formula is C13H14N4O4. The molecule has 8 heteroatoms. The number of hydrogen-bond acceptors (Lipinski definition) is 7. The van der Waals surface area contributed by atoms with Gasteiger partial charge in [-0.15, -0.1) is 0 Å². The molecule has 1 saturated carbocycles. The molecule has 1 N–H and O–H groups in total. The zero-order chi connectivity index (χ0) is 14.7. The van der Waals surface area contributed by atoms with Gasteiger partial charge in [0.1, 0.15) is 0 Å². The average Bonchev–Trinajstić information content (AvgIpc) is 3.17. The van der Waals surface area contributed by atoms with Gasteiger partial charge in [0, 0.05) is 18.7 Å². The second kappa shape index (κ2) is 5.88. The number of nitro groups is 1. The molecule has 0 bridgehead atoms. The van der Waals surface area contributed by atoms with Crippen LogP contribution in [-0.4, -0.2) is 21.1 Å². The molecular weight excluding hydrogens is 276 g/mol. The highest BCUT2D eigenvalue weighted by atomic mass is 16.6. The molecule has 8 nitrogen and oxygen atoms in total. The SMILES string of the molecule is O=[N+]([O-])c1cc(CNC2CC2)ccc1OCc1ncon1. The third kappa shape index (κ3) is 3.54. The van der Waals surface area contributed by atoms with Crippen molar-refractivity contribution in [2.75, 3.05) is 0 Å². The predicted molar refractivity (Wildman–Crippen MR) is 71.6 cm³/mol. The Bertz CT molecular complexity index is 625. The molecule has 0 unspecified atom stereocenters. The molecule has 1 heterocycles. The number of hydrogen-bond donors (Lipinski definition) is 1. The Morgan fingerprint density at radius 1 is 1.48 bits per heavy atom. The van der Waals surface area contributed by atoms with Crippen LogP contribution in [0, 0.1) is 10.1 Å². The van der Waals surface area contributed by atoms with E-state index < -0.39 is 4.92 Å². The van der Waals surface area contributed by atoms with Crippen LogP contribution in [0.2, 0.25) is 0 Å². The molecule has 0 saturated heterocycles. The second-order valence-electron chi connectivity index (χ2n) is 4.85. The van der Waals surface area contributed by atoms with E-state index in [0.717, 1.165) is 5.56 Å². The number of ether oxygens (including phenoxy) is 1. The molecule has 0 radical (unpaired) electrons. The molecule has 1 aliphatic carbocycles. The highest BCUT2D eigenvalue weighted by molar-refractivity contribution is 5.48. The topological polar surface area (TPSA) is 103 Å². The molecule has 1 aromatic carbocycles. The maximum atomic E-state index is 11.1. The fourth-order valence-electron chi connectivity index (χ4n) is 1.89. The van der Waals surface area contributed by atoms with E-state index >= 15 is 0 Å². The van der Waals surface area contributed by atoms with Gasteiger partial charge in [0.15, 0.2) is 12.4 Å². The van der Waals surface area contributed by atoms with Gasteiger partial charge >= 0.3 is 5.69 Å². The van der Waals surface area contributed by atoms with Crippen LogP contribution in [0.25, 0.3) is 0 Å². The van der Waals surface area contributed by atoms with Crippen LogP contribution >= 0.6 is 0 Å². The Morgan fingerprint density at radius 2 is 2.33 bits per heavy atom. The van der Waals surface area contributed by atoms with Gasteiger partial charge in [-0.1, -0.05) is 11.2 Å².